The summed E-state index contributed by atoms with van der Waals surface area (Å²) in [6.45, 7) is 0.0953. The number of nitrogens with one attached hydrogen (secondary N) is 1. The van der Waals surface area contributed by atoms with Crippen molar-refractivity contribution in [2.24, 2.45) is 0 Å². The zero-order valence-corrected chi connectivity index (χ0v) is 20.9. The monoisotopic (exact) mass is 551 g/mol. The number of carbonyl (C=O) groups excluding carboxylic acids is 1. The van der Waals surface area contributed by atoms with E-state index in [-0.39, 0.29) is 34.2 Å². The number of benzene rings is 3. The van der Waals surface area contributed by atoms with Crippen molar-refractivity contribution in [3.63, 3.8) is 0 Å². The van der Waals surface area contributed by atoms with Gasteiger partial charge < -0.3 is 15.0 Å². The fourth-order valence-electron chi connectivity index (χ4n) is 4.28. The van der Waals surface area contributed by atoms with Crippen LogP contribution in [0.3, 0.4) is 0 Å². The van der Waals surface area contributed by atoms with Crippen LogP contribution >= 0.6 is 23.2 Å². The number of rotatable bonds is 6. The van der Waals surface area contributed by atoms with E-state index in [0.717, 1.165) is 6.07 Å². The largest absolute Gasteiger partial charge is 0.477 e. The highest BCUT2D eigenvalue weighted by atomic mass is 35.5. The molecular formula is C28H17Cl2F2N3O3. The van der Waals surface area contributed by atoms with Crippen molar-refractivity contribution in [1.29, 1.82) is 0 Å². The molecule has 0 aliphatic rings. The molecule has 190 valence electrons. The van der Waals surface area contributed by atoms with Crippen LogP contribution in [0, 0.1) is 11.6 Å². The second kappa shape index (κ2) is 10.2. The molecule has 5 rings (SSSR count). The fourth-order valence-corrected chi connectivity index (χ4v) is 4.60. The number of hydrogen-bond acceptors (Lipinski definition) is 3. The first-order valence-corrected chi connectivity index (χ1v) is 12.0. The first kappa shape index (κ1) is 25.4. The van der Waals surface area contributed by atoms with Crippen molar-refractivity contribution in [3.8, 4) is 11.1 Å². The molecule has 0 aliphatic heterocycles. The van der Waals surface area contributed by atoms with Crippen molar-refractivity contribution >= 4 is 51.7 Å². The highest BCUT2D eigenvalue weighted by molar-refractivity contribution is 6.30. The summed E-state index contributed by atoms with van der Waals surface area (Å²) in [5.74, 6) is -3.36. The smallest absolute Gasteiger partial charge is 0.354 e. The van der Waals surface area contributed by atoms with Gasteiger partial charge in [0.25, 0.3) is 5.91 Å². The minimum absolute atomic E-state index is 0.0615. The van der Waals surface area contributed by atoms with E-state index in [9.17, 15) is 23.5 Å². The third-order valence-electron chi connectivity index (χ3n) is 5.92. The molecule has 6 nitrogen and oxygen atoms in total. The number of fused-ring (bicyclic) bond motifs is 1. The van der Waals surface area contributed by atoms with Gasteiger partial charge >= 0.3 is 5.97 Å². The van der Waals surface area contributed by atoms with Gasteiger partial charge in [-0.3, -0.25) is 4.79 Å². The zero-order valence-electron chi connectivity index (χ0n) is 19.4. The number of hydrogen-bond donors (Lipinski definition) is 2. The fraction of sp³-hybridized carbons (Fsp3) is 0.0357. The number of pyridine rings is 1. The maximum absolute atomic E-state index is 13.9. The summed E-state index contributed by atoms with van der Waals surface area (Å²) >= 11 is 12.0. The molecule has 0 saturated heterocycles. The molecule has 10 heteroatoms. The minimum Gasteiger partial charge on any atom is -0.477 e. The summed E-state index contributed by atoms with van der Waals surface area (Å²) in [5.41, 5.74) is 1.91. The van der Waals surface area contributed by atoms with Crippen molar-refractivity contribution in [2.45, 2.75) is 6.54 Å². The first-order chi connectivity index (χ1) is 18.2. The third kappa shape index (κ3) is 5.09. The average molecular weight is 552 g/mol. The van der Waals surface area contributed by atoms with Gasteiger partial charge in [-0.05, 0) is 59.2 Å². The number of nitrogens with zero attached hydrogens (tertiary/aromatic N) is 2. The second-order valence-electron chi connectivity index (χ2n) is 8.46. The van der Waals surface area contributed by atoms with Crippen LogP contribution in [0.5, 0.6) is 0 Å². The molecule has 0 aliphatic carbocycles. The lowest BCUT2D eigenvalue weighted by atomic mass is 10.0. The molecule has 0 saturated carbocycles. The summed E-state index contributed by atoms with van der Waals surface area (Å²) in [6, 6.07) is 17.8. The maximum Gasteiger partial charge on any atom is 0.354 e. The molecule has 0 bridgehead atoms. The molecule has 38 heavy (non-hydrogen) atoms. The van der Waals surface area contributed by atoms with Crippen molar-refractivity contribution in [2.75, 3.05) is 5.32 Å². The Morgan fingerprint density at radius 1 is 0.921 bits per heavy atom. The van der Waals surface area contributed by atoms with Crippen LogP contribution in [0.1, 0.15) is 26.4 Å². The summed E-state index contributed by atoms with van der Waals surface area (Å²) < 4.78 is 29.4. The van der Waals surface area contributed by atoms with E-state index in [1.165, 1.54) is 35.0 Å². The van der Waals surface area contributed by atoms with Crippen LogP contribution in [0.25, 0.3) is 22.0 Å². The van der Waals surface area contributed by atoms with E-state index < -0.39 is 23.5 Å². The van der Waals surface area contributed by atoms with Crippen LogP contribution in [-0.4, -0.2) is 26.5 Å². The van der Waals surface area contributed by atoms with Gasteiger partial charge in [-0.1, -0.05) is 47.5 Å². The molecule has 2 N–H and O–H groups in total. The molecule has 3 aromatic carbocycles. The van der Waals surface area contributed by atoms with Gasteiger partial charge in [0.1, 0.15) is 16.8 Å². The number of aromatic carboxylic acids is 1. The Hall–Kier alpha value is -4.27. The van der Waals surface area contributed by atoms with Gasteiger partial charge in [0.05, 0.1) is 16.8 Å². The van der Waals surface area contributed by atoms with Gasteiger partial charge in [0, 0.05) is 29.2 Å². The molecule has 2 aromatic heterocycles. The van der Waals surface area contributed by atoms with E-state index >= 15 is 0 Å². The van der Waals surface area contributed by atoms with E-state index in [0.29, 0.717) is 27.1 Å². The Labute approximate surface area is 225 Å². The number of carboxylic acids is 1. The summed E-state index contributed by atoms with van der Waals surface area (Å²) in [5, 5.41) is 14.0. The van der Waals surface area contributed by atoms with Crippen molar-refractivity contribution in [3.05, 3.63) is 118 Å². The van der Waals surface area contributed by atoms with E-state index in [1.807, 2.05) is 0 Å². The van der Waals surface area contributed by atoms with Crippen molar-refractivity contribution in [1.82, 2.24) is 9.55 Å². The molecule has 0 spiro atoms. The zero-order chi connectivity index (χ0) is 27.0. The molecule has 2 heterocycles. The Morgan fingerprint density at radius 2 is 1.68 bits per heavy atom. The number of aromatic nitrogens is 2. The Kier molecular flexibility index (Phi) is 6.84. The van der Waals surface area contributed by atoms with Gasteiger partial charge in [0.2, 0.25) is 0 Å². The number of amides is 1. The SMILES string of the molecule is O=C(Nc1c(C(=O)O)n(Cc2cccc(Cl)c2)c2cc(-c3cc(F)cc(F)c3)ccc12)c1ccc(Cl)nc1. The Bertz CT molecular complexity index is 1700. The van der Waals surface area contributed by atoms with Crippen LogP contribution in [0.4, 0.5) is 14.5 Å². The normalized spacial score (nSPS) is 11.1. The predicted molar refractivity (Wildman–Crippen MR) is 142 cm³/mol. The highest BCUT2D eigenvalue weighted by Gasteiger charge is 2.25. The standard InChI is InChI=1S/C28H17Cl2F2N3O3/c29-19-3-1-2-15(8-19)14-35-23-11-16(18-9-20(31)12-21(32)10-18)4-6-22(23)25(26(35)28(37)38)34-27(36)17-5-7-24(30)33-13-17/h1-13H,14H2,(H,34,36)(H,37,38). The summed E-state index contributed by atoms with van der Waals surface area (Å²) in [4.78, 5) is 29.5. The van der Waals surface area contributed by atoms with Crippen LogP contribution < -0.4 is 5.32 Å². The first-order valence-electron chi connectivity index (χ1n) is 11.2. The van der Waals surface area contributed by atoms with Gasteiger partial charge in [-0.2, -0.15) is 0 Å². The second-order valence-corrected chi connectivity index (χ2v) is 9.28. The lowest BCUT2D eigenvalue weighted by Gasteiger charge is -2.11. The van der Waals surface area contributed by atoms with Gasteiger partial charge in [-0.15, -0.1) is 0 Å². The third-order valence-corrected chi connectivity index (χ3v) is 6.38. The minimum atomic E-state index is -1.29. The van der Waals surface area contributed by atoms with Crippen LogP contribution in [-0.2, 0) is 6.54 Å². The van der Waals surface area contributed by atoms with Crippen molar-refractivity contribution < 1.29 is 23.5 Å². The topological polar surface area (TPSA) is 84.2 Å². The van der Waals surface area contributed by atoms with Crippen LogP contribution in [0.15, 0.2) is 79.0 Å². The quantitative estimate of drug-likeness (QED) is 0.217. The molecule has 5 aromatic rings. The molecule has 0 atom stereocenters. The van der Waals surface area contributed by atoms with Gasteiger partial charge in [0.15, 0.2) is 5.69 Å². The number of carbonyl (C=O) groups is 2. The predicted octanol–water partition coefficient (Wildman–Crippen LogP) is 7.29. The molecule has 0 radical (unpaired) electrons. The summed E-state index contributed by atoms with van der Waals surface area (Å²) in [7, 11) is 0. The lowest BCUT2D eigenvalue weighted by molar-refractivity contribution is 0.0687. The lowest BCUT2D eigenvalue weighted by Crippen LogP contribution is -2.16. The van der Waals surface area contributed by atoms with Crippen LogP contribution in [0.2, 0.25) is 10.2 Å². The van der Waals surface area contributed by atoms with E-state index in [1.54, 1.807) is 42.5 Å². The molecule has 1 amide bonds. The number of halogens is 4. The summed E-state index contributed by atoms with van der Waals surface area (Å²) in [6.07, 6.45) is 1.28. The molecule has 0 fully saturated rings. The Morgan fingerprint density at radius 3 is 2.34 bits per heavy atom. The number of anilines is 1. The number of carboxylic acid groups (broad SMARTS) is 1. The van der Waals surface area contributed by atoms with Gasteiger partial charge in [-0.25, -0.2) is 18.6 Å². The maximum atomic E-state index is 13.9. The Balaban J connectivity index is 1.71. The van der Waals surface area contributed by atoms with E-state index in [2.05, 4.69) is 10.3 Å². The highest BCUT2D eigenvalue weighted by Crippen LogP contribution is 2.36. The molecule has 0 unspecified atom stereocenters. The van der Waals surface area contributed by atoms with E-state index in [4.69, 9.17) is 23.2 Å². The molecular weight excluding hydrogens is 535 g/mol. The average Bonchev–Trinajstić information content (AvgIpc) is 3.16.